The number of ether oxygens (including phenoxy) is 2. The number of urea groups is 1. The number of aliphatic hydroxyl groups excluding tert-OH is 2. The summed E-state index contributed by atoms with van der Waals surface area (Å²) in [4.78, 5) is 138. The van der Waals surface area contributed by atoms with Gasteiger partial charge in [0.25, 0.3) is 17.7 Å². The van der Waals surface area contributed by atoms with Gasteiger partial charge in [-0.25, -0.2) is 4.79 Å². The Labute approximate surface area is 537 Å². The summed E-state index contributed by atoms with van der Waals surface area (Å²) in [6, 6.07) is 9.89. The Balaban J connectivity index is 1.40. The predicted octanol–water partition coefficient (Wildman–Crippen LogP) is 2.90. The van der Waals surface area contributed by atoms with Crippen molar-refractivity contribution in [2.24, 2.45) is 29.4 Å². The van der Waals surface area contributed by atoms with Gasteiger partial charge >= 0.3 is 6.03 Å². The zero-order valence-electron chi connectivity index (χ0n) is 55.5. The van der Waals surface area contributed by atoms with Crippen LogP contribution in [0.15, 0.2) is 66.7 Å². The number of nitrogens with zero attached hydrogens (tertiary/aromatic N) is 4. The number of imide groups is 1. The molecule has 1 fully saturated rings. The largest absolute Gasteiger partial charge is 0.394 e. The highest BCUT2D eigenvalue weighted by Gasteiger charge is 2.44. The molecule has 0 spiro atoms. The maximum Gasteiger partial charge on any atom is 0.312 e. The SMILES string of the molecule is CC[C@H](C)[C@@H]([C@@H](CC(=O)N1CCC[C@H]1[C@H](OC)[C@@H](C)C(=O)N[C@H](CO)Cc1ccccc1)OC)N(C)C(=O)[C@@H](NC(=O)[C@H](CO)[N+](C)(C)Cc1ccc(NC(=O)[C@H](CCCNC(N)=O)NC(=O)[C@@H](NC(=O)CCCCCN2C(=O)C=CC2=O)C(C)C)cc1)C(C)C. The minimum absolute atomic E-state index is 0.0451. The van der Waals surface area contributed by atoms with Gasteiger partial charge in [-0.1, -0.05) is 104 Å². The molecule has 0 aliphatic carbocycles. The van der Waals surface area contributed by atoms with Crippen molar-refractivity contribution in [2.45, 2.75) is 180 Å². The third-order valence-corrected chi connectivity index (χ3v) is 17.6. The molecule has 0 radical (unpaired) electrons. The Hall–Kier alpha value is -7.32. The van der Waals surface area contributed by atoms with E-state index in [-0.39, 0.29) is 97.8 Å². The summed E-state index contributed by atoms with van der Waals surface area (Å²) in [5.74, 6) is -5.38. The number of anilines is 1. The number of carbonyl (C=O) groups is 10. The molecule has 2 heterocycles. The first-order valence-electron chi connectivity index (χ1n) is 32.0. The Morgan fingerprint density at radius 2 is 1.40 bits per heavy atom. The number of likely N-dealkylation sites (tertiary alicyclic amines) is 1. The number of carbonyl (C=O) groups excluding carboxylic acids is 10. The van der Waals surface area contributed by atoms with Crippen LogP contribution in [0.2, 0.25) is 0 Å². The highest BCUT2D eigenvalue weighted by Crippen LogP contribution is 2.30. The molecule has 2 aliphatic heterocycles. The van der Waals surface area contributed by atoms with E-state index in [1.807, 2.05) is 58.0 Å². The lowest BCUT2D eigenvalue weighted by Crippen LogP contribution is -2.62. The molecule has 0 saturated carbocycles. The van der Waals surface area contributed by atoms with Gasteiger partial charge in [0.1, 0.15) is 31.3 Å². The molecule has 2 aliphatic rings. The molecule has 91 heavy (non-hydrogen) atoms. The van der Waals surface area contributed by atoms with Gasteiger partial charge in [0.2, 0.25) is 35.4 Å². The lowest BCUT2D eigenvalue weighted by Gasteiger charge is -2.41. The van der Waals surface area contributed by atoms with Crippen LogP contribution in [-0.4, -0.2) is 211 Å². The van der Waals surface area contributed by atoms with E-state index >= 15 is 0 Å². The van der Waals surface area contributed by atoms with E-state index in [0.29, 0.717) is 57.2 Å². The van der Waals surface area contributed by atoms with Crippen LogP contribution >= 0.6 is 0 Å². The zero-order valence-corrected chi connectivity index (χ0v) is 55.5. The quantitative estimate of drug-likeness (QED) is 0.0264. The second-order valence-electron chi connectivity index (χ2n) is 25.5. The third-order valence-electron chi connectivity index (χ3n) is 17.6. The molecule has 0 aromatic heterocycles. The maximum atomic E-state index is 14.8. The van der Waals surface area contributed by atoms with Crippen molar-refractivity contribution in [1.82, 2.24) is 41.3 Å². The first-order chi connectivity index (χ1) is 43.1. The van der Waals surface area contributed by atoms with Gasteiger partial charge in [-0.2, -0.15) is 0 Å². The fourth-order valence-corrected chi connectivity index (χ4v) is 12.0. The second kappa shape index (κ2) is 37.3. The molecule has 506 valence electrons. The van der Waals surface area contributed by atoms with Gasteiger partial charge in [0.05, 0.1) is 63.4 Å². The van der Waals surface area contributed by atoms with E-state index in [0.717, 1.165) is 16.0 Å². The predicted molar refractivity (Wildman–Crippen MR) is 344 cm³/mol. The van der Waals surface area contributed by atoms with Crippen molar-refractivity contribution in [3.05, 3.63) is 77.9 Å². The number of hydrogen-bond acceptors (Lipinski definition) is 14. The monoisotopic (exact) mass is 1270 g/mol. The molecule has 2 aromatic carbocycles. The number of benzene rings is 2. The van der Waals surface area contributed by atoms with Crippen LogP contribution in [0.3, 0.4) is 0 Å². The highest BCUT2D eigenvalue weighted by atomic mass is 16.5. The average Bonchev–Trinajstić information content (AvgIpc) is 1.79. The summed E-state index contributed by atoms with van der Waals surface area (Å²) >= 11 is 0. The van der Waals surface area contributed by atoms with Crippen molar-refractivity contribution < 1.29 is 72.1 Å². The van der Waals surface area contributed by atoms with Crippen molar-refractivity contribution in [2.75, 3.05) is 73.5 Å². The van der Waals surface area contributed by atoms with Gasteiger partial charge < -0.3 is 71.6 Å². The molecule has 11 amide bonds. The summed E-state index contributed by atoms with van der Waals surface area (Å²) in [7, 11) is 8.23. The molecular weight excluding hydrogens is 1170 g/mol. The smallest absolute Gasteiger partial charge is 0.312 e. The summed E-state index contributed by atoms with van der Waals surface area (Å²) in [6.45, 7) is 13.1. The van der Waals surface area contributed by atoms with E-state index in [1.165, 1.54) is 26.4 Å². The third kappa shape index (κ3) is 22.8. The molecule has 1 saturated heterocycles. The number of amides is 11. The first-order valence-corrected chi connectivity index (χ1v) is 32.0. The molecule has 10 N–H and O–H groups in total. The van der Waals surface area contributed by atoms with Crippen molar-refractivity contribution >= 4 is 64.9 Å². The Kier molecular flexibility index (Phi) is 31.2. The number of likely N-dealkylation sites (N-methyl/N-ethyl adjacent to an activating group) is 2. The number of hydrogen-bond donors (Lipinski definition) is 9. The number of nitrogens with one attached hydrogen (secondary N) is 6. The van der Waals surface area contributed by atoms with E-state index in [2.05, 4.69) is 31.9 Å². The molecule has 11 atom stereocenters. The van der Waals surface area contributed by atoms with E-state index in [4.69, 9.17) is 15.2 Å². The van der Waals surface area contributed by atoms with Crippen molar-refractivity contribution in [3.63, 3.8) is 0 Å². The van der Waals surface area contributed by atoms with Crippen molar-refractivity contribution in [1.29, 1.82) is 0 Å². The molecule has 0 unspecified atom stereocenters. The molecule has 2 aromatic rings. The summed E-state index contributed by atoms with van der Waals surface area (Å²) in [5.41, 5.74) is 7.34. The maximum absolute atomic E-state index is 14.8. The van der Waals surface area contributed by atoms with E-state index in [9.17, 15) is 58.2 Å². The number of unbranched alkanes of at least 4 members (excludes halogenated alkanes) is 2. The number of rotatable bonds is 39. The van der Waals surface area contributed by atoms with Gasteiger partial charge in [-0.05, 0) is 80.4 Å². The van der Waals surface area contributed by atoms with Crippen LogP contribution in [-0.2, 0) is 65.6 Å². The van der Waals surface area contributed by atoms with Gasteiger partial charge in [-0.15, -0.1) is 0 Å². The zero-order chi connectivity index (χ0) is 67.7. The van der Waals surface area contributed by atoms with Gasteiger partial charge in [0.15, 0.2) is 6.04 Å². The van der Waals surface area contributed by atoms with E-state index < -0.39 is 103 Å². The number of quaternary nitrogens is 1. The van der Waals surface area contributed by atoms with Crippen molar-refractivity contribution in [3.8, 4) is 0 Å². The van der Waals surface area contributed by atoms with Crippen LogP contribution in [0.1, 0.15) is 124 Å². The van der Waals surface area contributed by atoms with Crippen LogP contribution in [0.4, 0.5) is 10.5 Å². The fraction of sp³-hybridized carbons (Fsp3) is 0.636. The number of nitrogens with two attached hydrogens (primary N) is 1. The highest BCUT2D eigenvalue weighted by molar-refractivity contribution is 6.12. The normalized spacial score (nSPS) is 17.5. The second-order valence-corrected chi connectivity index (χ2v) is 25.5. The number of methoxy groups -OCH3 is 2. The minimum Gasteiger partial charge on any atom is -0.394 e. The molecule has 25 heteroatoms. The van der Waals surface area contributed by atoms with Gasteiger partial charge in [-0.3, -0.25) is 48.1 Å². The average molecular weight is 1280 g/mol. The molecule has 4 rings (SSSR count). The van der Waals surface area contributed by atoms with Crippen LogP contribution in [0.25, 0.3) is 0 Å². The standard InChI is InChI=1S/C66H103N11O14/c1-13-43(6)59(52(90-11)37-56(83)75-35-21-25-50(75)60(91-12)44(7)61(84)70-48(39-78)36-45-22-16-14-17-23-45)74(8)65(88)58(42(4)5)73-63(86)51(40-79)77(9,10)38-46-27-29-47(30-28-46)69-62(85)49(24-20-33-68-66(67)89)71-64(87)57(41(2)3)72-53(80)26-18-15-19-34-76-54(81)31-32-55(76)82/h14,16-17,22-23,27-32,41-44,48-52,57-60,78-79H,13,15,18-21,24-26,33-40H2,1-12H3,(H7-,67,68,69,70,71,72,73,80,84,85,86,87,89)/p+1/t43-,44+,48-,49-,50-,51-,52+,57-,58-,59-,60+/m0/s1. The fourth-order valence-electron chi connectivity index (χ4n) is 12.0. The molecule has 0 bridgehead atoms. The van der Waals surface area contributed by atoms with Crippen LogP contribution in [0.5, 0.6) is 0 Å². The van der Waals surface area contributed by atoms with Crippen LogP contribution < -0.4 is 37.6 Å². The first kappa shape index (κ1) is 76.1. The topological polar surface area (TPSA) is 338 Å². The Morgan fingerprint density at radius 3 is 1.97 bits per heavy atom. The Bertz CT molecular complexity index is 2750. The summed E-state index contributed by atoms with van der Waals surface area (Å²) < 4.78 is 12.0. The molecule has 25 nitrogen and oxygen atoms in total. The van der Waals surface area contributed by atoms with Gasteiger partial charge in [0, 0.05) is 70.7 Å². The lowest BCUT2D eigenvalue weighted by molar-refractivity contribution is -0.919. The Morgan fingerprint density at radius 1 is 0.747 bits per heavy atom. The summed E-state index contributed by atoms with van der Waals surface area (Å²) in [5, 5.41) is 37.8. The minimum atomic E-state index is -1.10. The van der Waals surface area contributed by atoms with E-state index in [1.54, 1.807) is 76.0 Å². The lowest BCUT2D eigenvalue weighted by atomic mass is 9.89. The summed E-state index contributed by atoms with van der Waals surface area (Å²) in [6.07, 6.45) is 5.27. The van der Waals surface area contributed by atoms with Crippen LogP contribution in [0, 0.1) is 23.7 Å². The number of aliphatic hydroxyl groups is 2. The molecular formula is C66H104N11O14+. The number of primary amides is 1.